The van der Waals surface area contributed by atoms with Crippen LogP contribution in [0.25, 0.3) is 22.3 Å². The topological polar surface area (TPSA) is 121 Å². The van der Waals surface area contributed by atoms with Gasteiger partial charge in [0.25, 0.3) is 0 Å². The van der Waals surface area contributed by atoms with E-state index in [1.54, 1.807) is 30.4 Å². The molecule has 3 heterocycles. The van der Waals surface area contributed by atoms with Crippen LogP contribution in [0.5, 0.6) is 11.5 Å². The van der Waals surface area contributed by atoms with Crippen molar-refractivity contribution in [2.75, 3.05) is 20.3 Å². The van der Waals surface area contributed by atoms with E-state index in [0.717, 1.165) is 16.8 Å². The van der Waals surface area contributed by atoms with Crippen LogP contribution in [0.2, 0.25) is 0 Å². The number of carbonyl (C=O) groups is 2. The van der Waals surface area contributed by atoms with Gasteiger partial charge in [-0.1, -0.05) is 24.3 Å². The van der Waals surface area contributed by atoms with Crippen LogP contribution in [-0.2, 0) is 32.7 Å². The number of carbonyl (C=O) groups excluding carboxylic acids is 1. The maximum absolute atomic E-state index is 15.7. The third-order valence-electron chi connectivity index (χ3n) is 9.39. The molecule has 49 heavy (non-hydrogen) atoms. The summed E-state index contributed by atoms with van der Waals surface area (Å²) in [6, 6.07) is 15.1. The zero-order chi connectivity index (χ0) is 34.9. The second kappa shape index (κ2) is 13.5. The molecule has 4 bridgehead atoms. The molecule has 5 aromatic rings. The highest BCUT2D eigenvalue weighted by Gasteiger charge is 2.34. The summed E-state index contributed by atoms with van der Waals surface area (Å²) in [6.07, 6.45) is 5.00. The van der Waals surface area contributed by atoms with Gasteiger partial charge in [-0.05, 0) is 75.4 Å². The molecule has 2 aromatic heterocycles. The lowest BCUT2D eigenvalue weighted by molar-refractivity contribution is -0.143. The molecular formula is C38H40F2N4O5. The fraction of sp³-hybridized carbons (Fsp3) is 0.342. The Balaban J connectivity index is 1.45. The number of aryl methyl sites for hydroxylation is 1. The molecule has 3 aromatic carbocycles. The van der Waals surface area contributed by atoms with Gasteiger partial charge in [0.1, 0.15) is 17.4 Å². The molecule has 1 aliphatic rings. The van der Waals surface area contributed by atoms with E-state index in [9.17, 15) is 14.7 Å². The van der Waals surface area contributed by atoms with E-state index < -0.39 is 28.4 Å². The molecule has 0 aliphatic carbocycles. The van der Waals surface area contributed by atoms with Gasteiger partial charge in [0.15, 0.2) is 11.6 Å². The summed E-state index contributed by atoms with van der Waals surface area (Å²) in [6.45, 7) is 6.30. The zero-order valence-electron chi connectivity index (χ0n) is 28.0. The number of H-pyrrole nitrogens is 2. The second-order valence-corrected chi connectivity index (χ2v) is 13.6. The quantitative estimate of drug-likeness (QED) is 0.180. The number of aliphatic carboxylic acids is 1. The number of ether oxygens (including phenoxy) is 2. The molecule has 0 saturated heterocycles. The van der Waals surface area contributed by atoms with E-state index in [1.807, 2.05) is 38.1 Å². The van der Waals surface area contributed by atoms with Gasteiger partial charge in [0, 0.05) is 72.7 Å². The van der Waals surface area contributed by atoms with Crippen molar-refractivity contribution in [2.45, 2.75) is 58.4 Å². The SMILES string of the molecule is CN1Cc2c(c(F)cc3[nH]ccc23)Oc2ccc(F)c(c2)-c2ncc([nH]2)C(C)(c2cccc(CCC(=O)O)c2)CCCOCC(C)(C)C1=O. The summed E-state index contributed by atoms with van der Waals surface area (Å²) in [4.78, 5) is 37.5. The first kappa shape index (κ1) is 33.9. The Morgan fingerprint density at radius 3 is 2.69 bits per heavy atom. The molecular weight excluding hydrogens is 630 g/mol. The Kier molecular flexibility index (Phi) is 9.30. The van der Waals surface area contributed by atoms with Crippen LogP contribution in [-0.4, -0.2) is 57.1 Å². The number of nitrogens with one attached hydrogen (secondary N) is 2. The Labute approximate surface area is 283 Å². The Morgan fingerprint density at radius 1 is 1.08 bits per heavy atom. The number of amides is 1. The van der Waals surface area contributed by atoms with E-state index in [-0.39, 0.29) is 48.4 Å². The zero-order valence-corrected chi connectivity index (χ0v) is 28.0. The van der Waals surface area contributed by atoms with Gasteiger partial charge in [0.05, 0.1) is 17.6 Å². The van der Waals surface area contributed by atoms with E-state index in [1.165, 1.54) is 24.3 Å². The fourth-order valence-corrected chi connectivity index (χ4v) is 6.59. The lowest BCUT2D eigenvalue weighted by Crippen LogP contribution is -2.41. The van der Waals surface area contributed by atoms with E-state index in [2.05, 4.69) is 21.9 Å². The van der Waals surface area contributed by atoms with Crippen molar-refractivity contribution < 1.29 is 33.0 Å². The predicted octanol–water partition coefficient (Wildman–Crippen LogP) is 7.75. The minimum Gasteiger partial charge on any atom is -0.481 e. The third kappa shape index (κ3) is 6.94. The van der Waals surface area contributed by atoms with Crippen molar-refractivity contribution in [1.29, 1.82) is 0 Å². The first-order valence-electron chi connectivity index (χ1n) is 16.3. The standard InChI is InChI=1S/C38H40F2N4O5/c1-37(2)22-48-16-6-14-38(3,24-8-5-7-23(17-24)9-12-33(45)46)32-20-42-35(43-32)27-18-25(10-11-29(27)39)49-34-28(21-44(4)36(37)47)26-13-15-41-31(26)19-30(34)40/h5,7-8,10-11,13,15,17-20,41H,6,9,12,14,16,21-22H2,1-4H3,(H,42,43)(H,45,46). The number of hydrogen-bond acceptors (Lipinski definition) is 5. The number of carboxylic acid groups (broad SMARTS) is 1. The van der Waals surface area contributed by atoms with E-state index >= 15 is 8.78 Å². The molecule has 9 nitrogen and oxygen atoms in total. The number of rotatable bonds is 4. The molecule has 256 valence electrons. The first-order chi connectivity index (χ1) is 23.4. The van der Waals surface area contributed by atoms with Crippen molar-refractivity contribution in [3.05, 3.63) is 101 Å². The van der Waals surface area contributed by atoms with Crippen LogP contribution in [0, 0.1) is 17.0 Å². The van der Waals surface area contributed by atoms with Crippen molar-refractivity contribution in [3.63, 3.8) is 0 Å². The van der Waals surface area contributed by atoms with Crippen LogP contribution >= 0.6 is 0 Å². The number of fused-ring (bicyclic) bond motifs is 8. The summed E-state index contributed by atoms with van der Waals surface area (Å²) in [5.74, 6) is -1.82. The average molecular weight is 671 g/mol. The molecule has 0 saturated carbocycles. The van der Waals surface area contributed by atoms with Crippen LogP contribution < -0.4 is 4.74 Å². The molecule has 1 unspecified atom stereocenters. The highest BCUT2D eigenvalue weighted by atomic mass is 19.1. The number of halogens is 2. The van der Waals surface area contributed by atoms with Gasteiger partial charge in [0.2, 0.25) is 5.91 Å². The number of imidazole rings is 1. The third-order valence-corrected chi connectivity index (χ3v) is 9.39. The molecule has 3 N–H and O–H groups in total. The second-order valence-electron chi connectivity index (χ2n) is 13.6. The molecule has 0 fully saturated rings. The molecule has 1 amide bonds. The lowest BCUT2D eigenvalue weighted by atomic mass is 9.75. The molecule has 6 rings (SSSR count). The fourth-order valence-electron chi connectivity index (χ4n) is 6.59. The van der Waals surface area contributed by atoms with Crippen molar-refractivity contribution in [1.82, 2.24) is 19.9 Å². The van der Waals surface area contributed by atoms with E-state index in [4.69, 9.17) is 9.47 Å². The molecule has 1 atom stereocenters. The Hall–Kier alpha value is -5.03. The smallest absolute Gasteiger partial charge is 0.303 e. The maximum Gasteiger partial charge on any atom is 0.303 e. The first-order valence-corrected chi connectivity index (χ1v) is 16.3. The number of carboxylic acids is 1. The minimum absolute atomic E-state index is 0.00797. The van der Waals surface area contributed by atoms with Crippen molar-refractivity contribution in [2.24, 2.45) is 5.41 Å². The normalized spacial score (nSPS) is 18.7. The monoisotopic (exact) mass is 670 g/mol. The summed E-state index contributed by atoms with van der Waals surface area (Å²) in [7, 11) is 1.67. The summed E-state index contributed by atoms with van der Waals surface area (Å²) >= 11 is 0. The van der Waals surface area contributed by atoms with Crippen LogP contribution in [0.15, 0.2) is 67.0 Å². The summed E-state index contributed by atoms with van der Waals surface area (Å²) < 4.78 is 43.4. The Morgan fingerprint density at radius 2 is 1.90 bits per heavy atom. The van der Waals surface area contributed by atoms with Gasteiger partial charge in [-0.15, -0.1) is 0 Å². The number of aromatic amines is 2. The number of aromatic nitrogens is 3. The van der Waals surface area contributed by atoms with Crippen LogP contribution in [0.1, 0.15) is 62.4 Å². The minimum atomic E-state index is -0.880. The van der Waals surface area contributed by atoms with Crippen LogP contribution in [0.3, 0.4) is 0 Å². The van der Waals surface area contributed by atoms with Gasteiger partial charge in [-0.3, -0.25) is 9.59 Å². The molecule has 11 heteroatoms. The molecule has 0 radical (unpaired) electrons. The Bertz CT molecular complexity index is 2020. The summed E-state index contributed by atoms with van der Waals surface area (Å²) in [5.41, 5.74) is 2.19. The summed E-state index contributed by atoms with van der Waals surface area (Å²) in [5, 5.41) is 9.94. The van der Waals surface area contributed by atoms with Crippen molar-refractivity contribution >= 4 is 22.8 Å². The average Bonchev–Trinajstić information content (AvgIpc) is 3.76. The highest BCUT2D eigenvalue weighted by Crippen LogP contribution is 2.40. The van der Waals surface area contributed by atoms with Gasteiger partial charge < -0.3 is 29.4 Å². The number of benzene rings is 3. The largest absolute Gasteiger partial charge is 0.481 e. The van der Waals surface area contributed by atoms with Crippen LogP contribution in [0.4, 0.5) is 8.78 Å². The van der Waals surface area contributed by atoms with Crippen molar-refractivity contribution in [3.8, 4) is 22.9 Å². The number of nitrogens with zero attached hydrogens (tertiary/aromatic N) is 2. The lowest BCUT2D eigenvalue weighted by Gasteiger charge is -2.31. The molecule has 1 aliphatic heterocycles. The van der Waals surface area contributed by atoms with E-state index in [0.29, 0.717) is 42.3 Å². The number of hydrogen-bond donors (Lipinski definition) is 3. The maximum atomic E-state index is 15.7. The van der Waals surface area contributed by atoms with Gasteiger partial charge >= 0.3 is 5.97 Å². The van der Waals surface area contributed by atoms with Gasteiger partial charge in [-0.2, -0.15) is 0 Å². The molecule has 0 spiro atoms. The highest BCUT2D eigenvalue weighted by molar-refractivity contribution is 5.87. The predicted molar refractivity (Wildman–Crippen MR) is 181 cm³/mol. The van der Waals surface area contributed by atoms with Gasteiger partial charge in [-0.25, -0.2) is 13.8 Å².